The van der Waals surface area contributed by atoms with Gasteiger partial charge in [-0.3, -0.25) is 9.79 Å². The van der Waals surface area contributed by atoms with Crippen molar-refractivity contribution < 1.29 is 9.53 Å². The molecule has 140 valence electrons. The molecule has 0 saturated carbocycles. The van der Waals surface area contributed by atoms with Gasteiger partial charge in [0.2, 0.25) is 0 Å². The maximum atomic E-state index is 11.6. The number of rotatable bonds is 5. The van der Waals surface area contributed by atoms with Crippen LogP contribution in [0.3, 0.4) is 0 Å². The predicted octanol–water partition coefficient (Wildman–Crippen LogP) is 2.20. The van der Waals surface area contributed by atoms with Crippen LogP contribution in [0, 0.1) is 5.92 Å². The van der Waals surface area contributed by atoms with Crippen LogP contribution in [0.1, 0.15) is 12.8 Å². The first-order valence-corrected chi connectivity index (χ1v) is 8.45. The third-order valence-electron chi connectivity index (χ3n) is 4.47. The van der Waals surface area contributed by atoms with Gasteiger partial charge in [0.15, 0.2) is 5.96 Å². The molecule has 1 aromatic carbocycles. The molecule has 0 radical (unpaired) electrons. The first-order chi connectivity index (χ1) is 11.7. The van der Waals surface area contributed by atoms with E-state index in [0.717, 1.165) is 45.0 Å². The van der Waals surface area contributed by atoms with E-state index in [1.165, 1.54) is 12.8 Å². The van der Waals surface area contributed by atoms with Crippen molar-refractivity contribution in [1.82, 2.24) is 10.2 Å². The Bertz CT molecular complexity index is 545. The summed E-state index contributed by atoms with van der Waals surface area (Å²) in [6, 6.07) is 10.3. The largest absolute Gasteiger partial charge is 0.469 e. The topological polar surface area (TPSA) is 57.2 Å². The highest BCUT2D eigenvalue weighted by molar-refractivity contribution is 14.0. The van der Waals surface area contributed by atoms with Crippen molar-refractivity contribution in [2.75, 3.05) is 52.3 Å². The van der Waals surface area contributed by atoms with Crippen LogP contribution >= 0.6 is 24.0 Å². The van der Waals surface area contributed by atoms with Gasteiger partial charge in [0.05, 0.1) is 13.0 Å². The Morgan fingerprint density at radius 3 is 2.52 bits per heavy atom. The fourth-order valence-electron chi connectivity index (χ4n) is 2.97. The Labute approximate surface area is 167 Å². The molecule has 1 saturated heterocycles. The highest BCUT2D eigenvalue weighted by atomic mass is 127. The number of anilines is 1. The lowest BCUT2D eigenvalue weighted by Gasteiger charge is -2.33. The highest BCUT2D eigenvalue weighted by Gasteiger charge is 2.26. The lowest BCUT2D eigenvalue weighted by molar-refractivity contribution is -0.146. The van der Waals surface area contributed by atoms with E-state index in [9.17, 15) is 4.79 Å². The standard InChI is InChI=1S/C18H28N4O2.HI/c1-19-18(22-12-9-15(10-13-22)17(23)24-3)20-11-14-21(2)16-7-5-4-6-8-16;/h4-8,15H,9-14H2,1-3H3,(H,19,20);1H. The van der Waals surface area contributed by atoms with Gasteiger partial charge in [0, 0.05) is 46.0 Å². The van der Waals surface area contributed by atoms with Gasteiger partial charge in [-0.1, -0.05) is 18.2 Å². The summed E-state index contributed by atoms with van der Waals surface area (Å²) in [5.74, 6) is 0.829. The Hall–Kier alpha value is -1.51. The number of halogens is 1. The molecule has 2 rings (SSSR count). The number of esters is 1. The molecule has 1 aliphatic heterocycles. The van der Waals surface area contributed by atoms with Crippen LogP contribution in [-0.2, 0) is 9.53 Å². The number of piperidine rings is 1. The minimum Gasteiger partial charge on any atom is -0.469 e. The van der Waals surface area contributed by atoms with Crippen LogP contribution < -0.4 is 10.2 Å². The zero-order chi connectivity index (χ0) is 17.4. The van der Waals surface area contributed by atoms with Gasteiger partial charge in [-0.05, 0) is 25.0 Å². The summed E-state index contributed by atoms with van der Waals surface area (Å²) in [4.78, 5) is 20.4. The summed E-state index contributed by atoms with van der Waals surface area (Å²) >= 11 is 0. The average Bonchev–Trinajstić information content (AvgIpc) is 2.65. The first-order valence-electron chi connectivity index (χ1n) is 8.45. The molecule has 1 aliphatic rings. The van der Waals surface area contributed by atoms with E-state index in [1.54, 1.807) is 7.05 Å². The predicted molar refractivity (Wildman–Crippen MR) is 113 cm³/mol. The Kier molecular flexibility index (Phi) is 9.62. The average molecular weight is 460 g/mol. The van der Waals surface area contributed by atoms with Crippen molar-refractivity contribution in [3.8, 4) is 0 Å². The van der Waals surface area contributed by atoms with E-state index < -0.39 is 0 Å². The second-order valence-electron chi connectivity index (χ2n) is 6.02. The molecule has 1 aromatic rings. The van der Waals surface area contributed by atoms with E-state index in [-0.39, 0.29) is 35.9 Å². The third-order valence-corrected chi connectivity index (χ3v) is 4.47. The summed E-state index contributed by atoms with van der Waals surface area (Å²) in [5, 5.41) is 3.42. The summed E-state index contributed by atoms with van der Waals surface area (Å²) in [5.41, 5.74) is 1.20. The summed E-state index contributed by atoms with van der Waals surface area (Å²) < 4.78 is 4.84. The van der Waals surface area contributed by atoms with Gasteiger partial charge in [-0.15, -0.1) is 24.0 Å². The second kappa shape index (κ2) is 11.2. The molecular formula is C18H29IN4O2. The van der Waals surface area contributed by atoms with E-state index in [4.69, 9.17) is 4.74 Å². The van der Waals surface area contributed by atoms with Crippen LogP contribution in [0.4, 0.5) is 5.69 Å². The molecule has 6 nitrogen and oxygen atoms in total. The molecule has 1 heterocycles. The molecule has 0 bridgehead atoms. The molecule has 0 atom stereocenters. The van der Waals surface area contributed by atoms with Crippen molar-refractivity contribution in [3.63, 3.8) is 0 Å². The molecular weight excluding hydrogens is 431 g/mol. The minimum atomic E-state index is -0.0953. The molecule has 0 spiro atoms. The number of hydrogen-bond acceptors (Lipinski definition) is 4. The number of likely N-dealkylation sites (N-methyl/N-ethyl adjacent to an activating group) is 1. The van der Waals surface area contributed by atoms with Gasteiger partial charge in [-0.2, -0.15) is 0 Å². The van der Waals surface area contributed by atoms with Crippen LogP contribution in [0.25, 0.3) is 0 Å². The van der Waals surface area contributed by atoms with Gasteiger partial charge >= 0.3 is 5.97 Å². The molecule has 1 fully saturated rings. The number of hydrogen-bond donors (Lipinski definition) is 1. The lowest BCUT2D eigenvalue weighted by atomic mass is 9.97. The number of aliphatic imine (C=N–C) groups is 1. The number of carbonyl (C=O) groups excluding carboxylic acids is 1. The fraction of sp³-hybridized carbons (Fsp3) is 0.556. The molecule has 0 aromatic heterocycles. The monoisotopic (exact) mass is 460 g/mol. The Morgan fingerprint density at radius 2 is 1.96 bits per heavy atom. The maximum absolute atomic E-state index is 11.6. The molecule has 0 amide bonds. The summed E-state index contributed by atoms with van der Waals surface area (Å²) in [7, 11) is 5.34. The van der Waals surface area contributed by atoms with Crippen molar-refractivity contribution in [2.45, 2.75) is 12.8 Å². The van der Waals surface area contributed by atoms with E-state index in [2.05, 4.69) is 39.3 Å². The molecule has 0 unspecified atom stereocenters. The lowest BCUT2D eigenvalue weighted by Crippen LogP contribution is -2.48. The second-order valence-corrected chi connectivity index (χ2v) is 6.02. The fourth-order valence-corrected chi connectivity index (χ4v) is 2.97. The Balaban J connectivity index is 0.00000312. The summed E-state index contributed by atoms with van der Waals surface area (Å²) in [6.45, 7) is 3.36. The number of likely N-dealkylation sites (tertiary alicyclic amines) is 1. The van der Waals surface area contributed by atoms with Gasteiger partial charge in [-0.25, -0.2) is 0 Å². The zero-order valence-electron chi connectivity index (χ0n) is 15.3. The molecule has 0 aliphatic carbocycles. The smallest absolute Gasteiger partial charge is 0.308 e. The van der Waals surface area contributed by atoms with Crippen molar-refractivity contribution >= 4 is 41.6 Å². The summed E-state index contributed by atoms with van der Waals surface area (Å²) in [6.07, 6.45) is 1.63. The number of benzene rings is 1. The highest BCUT2D eigenvalue weighted by Crippen LogP contribution is 2.18. The first kappa shape index (κ1) is 21.5. The zero-order valence-corrected chi connectivity index (χ0v) is 17.6. The number of methoxy groups -OCH3 is 1. The van der Waals surface area contributed by atoms with Crippen molar-refractivity contribution in [1.29, 1.82) is 0 Å². The number of carbonyl (C=O) groups is 1. The quantitative estimate of drug-likeness (QED) is 0.316. The third kappa shape index (κ3) is 6.37. The number of nitrogens with zero attached hydrogens (tertiary/aromatic N) is 3. The number of ether oxygens (including phenoxy) is 1. The molecule has 25 heavy (non-hydrogen) atoms. The van der Waals surface area contributed by atoms with Gasteiger partial charge < -0.3 is 19.9 Å². The van der Waals surface area contributed by atoms with Crippen molar-refractivity contribution in [3.05, 3.63) is 30.3 Å². The maximum Gasteiger partial charge on any atom is 0.308 e. The van der Waals surface area contributed by atoms with Crippen LogP contribution in [0.15, 0.2) is 35.3 Å². The Morgan fingerprint density at radius 1 is 1.32 bits per heavy atom. The molecule has 1 N–H and O–H groups in total. The van der Waals surface area contributed by atoms with Crippen molar-refractivity contribution in [2.24, 2.45) is 10.9 Å². The van der Waals surface area contributed by atoms with E-state index in [0.29, 0.717) is 0 Å². The number of para-hydroxylation sites is 1. The van der Waals surface area contributed by atoms with Gasteiger partial charge in [0.25, 0.3) is 0 Å². The minimum absolute atomic E-state index is 0. The van der Waals surface area contributed by atoms with Gasteiger partial charge in [0.1, 0.15) is 0 Å². The number of nitrogens with one attached hydrogen (secondary N) is 1. The van der Waals surface area contributed by atoms with E-state index in [1.807, 2.05) is 18.2 Å². The van der Waals surface area contributed by atoms with Crippen LogP contribution in [0.2, 0.25) is 0 Å². The van der Waals surface area contributed by atoms with Crippen LogP contribution in [0.5, 0.6) is 0 Å². The van der Waals surface area contributed by atoms with Crippen LogP contribution in [-0.4, -0.2) is 64.2 Å². The normalized spacial score (nSPS) is 15.3. The SMILES string of the molecule is CN=C(NCCN(C)c1ccccc1)N1CCC(C(=O)OC)CC1.I. The molecule has 7 heteroatoms. The van der Waals surface area contributed by atoms with E-state index >= 15 is 0 Å². The number of guanidine groups is 1.